The van der Waals surface area contributed by atoms with Crippen LogP contribution >= 0.6 is 11.8 Å². The number of hydrogen-bond donors (Lipinski definition) is 0. The van der Waals surface area contributed by atoms with Gasteiger partial charge in [0.05, 0.1) is 17.1 Å². The Morgan fingerprint density at radius 1 is 0.806 bits per heavy atom. The number of carbonyl (C=O) groups excluding carboxylic acids is 1. The largest absolute Gasteiger partial charge is 0.328 e. The molecule has 0 radical (unpaired) electrons. The van der Waals surface area contributed by atoms with Gasteiger partial charge in [-0.15, -0.1) is 10.2 Å². The van der Waals surface area contributed by atoms with Crippen LogP contribution in [0, 0.1) is 11.3 Å². The number of ketones is 1. The van der Waals surface area contributed by atoms with E-state index in [1.165, 1.54) is 11.8 Å². The van der Waals surface area contributed by atoms with E-state index < -0.39 is 0 Å². The van der Waals surface area contributed by atoms with Crippen LogP contribution in [-0.2, 0) is 4.79 Å². The Hall–Kier alpha value is -4.48. The molecule has 7 nitrogen and oxygen atoms in total. The van der Waals surface area contributed by atoms with Gasteiger partial charge < -0.3 is 9.80 Å². The van der Waals surface area contributed by atoms with Gasteiger partial charge in [-0.05, 0) is 12.1 Å². The molecule has 0 N–H and O–H groups in total. The summed E-state index contributed by atoms with van der Waals surface area (Å²) in [6, 6.07) is 29.5. The molecule has 0 aliphatic carbocycles. The summed E-state index contributed by atoms with van der Waals surface area (Å²) in [5.41, 5.74) is 5.17. The Morgan fingerprint density at radius 2 is 1.33 bits per heavy atom. The van der Waals surface area contributed by atoms with Crippen molar-refractivity contribution in [2.24, 2.45) is 0 Å². The van der Waals surface area contributed by atoms with Crippen LogP contribution in [0.25, 0.3) is 22.5 Å². The molecule has 0 saturated heterocycles. The average molecular weight is 491 g/mol. The van der Waals surface area contributed by atoms with Crippen molar-refractivity contribution in [3.8, 4) is 28.6 Å². The second kappa shape index (κ2) is 10.0. The lowest BCUT2D eigenvalue weighted by Crippen LogP contribution is -2.26. The highest BCUT2D eigenvalue weighted by molar-refractivity contribution is 7.99. The number of Topliss-reactive ketones (excluding diaryl/α,β-unsaturated/α-hetero) is 1. The molecule has 1 aliphatic heterocycles. The quantitative estimate of drug-likeness (QED) is 0.207. The molecule has 0 spiro atoms. The summed E-state index contributed by atoms with van der Waals surface area (Å²) < 4.78 is 0. The topological polar surface area (TPSA) is 86.0 Å². The molecule has 0 bridgehead atoms. The van der Waals surface area contributed by atoms with Crippen LogP contribution in [0.15, 0.2) is 101 Å². The van der Waals surface area contributed by atoms with E-state index in [1.807, 2.05) is 109 Å². The summed E-state index contributed by atoms with van der Waals surface area (Å²) in [6.45, 7) is 0. The smallest absolute Gasteiger partial charge is 0.210 e. The van der Waals surface area contributed by atoms with Crippen molar-refractivity contribution in [3.63, 3.8) is 0 Å². The zero-order valence-electron chi connectivity index (χ0n) is 19.8. The van der Waals surface area contributed by atoms with Crippen molar-refractivity contribution in [1.29, 1.82) is 5.26 Å². The van der Waals surface area contributed by atoms with Crippen LogP contribution in [0.1, 0.15) is 0 Å². The van der Waals surface area contributed by atoms with Crippen molar-refractivity contribution in [1.82, 2.24) is 15.2 Å². The van der Waals surface area contributed by atoms with E-state index in [1.54, 1.807) is 0 Å². The first-order valence-electron chi connectivity index (χ1n) is 11.3. The molecule has 4 aromatic rings. The minimum absolute atomic E-state index is 0.0189. The third-order valence-electron chi connectivity index (χ3n) is 5.95. The minimum atomic E-state index is -0.291. The molecule has 176 valence electrons. The summed E-state index contributed by atoms with van der Waals surface area (Å²) >= 11 is 1.17. The zero-order valence-corrected chi connectivity index (χ0v) is 20.6. The molecule has 3 aromatic carbocycles. The summed E-state index contributed by atoms with van der Waals surface area (Å²) in [5, 5.41) is 19.0. The van der Waals surface area contributed by atoms with Crippen LogP contribution in [-0.4, -0.2) is 40.8 Å². The van der Waals surface area contributed by atoms with E-state index >= 15 is 0 Å². The van der Waals surface area contributed by atoms with Gasteiger partial charge in [0.15, 0.2) is 5.78 Å². The third-order valence-corrected chi connectivity index (χ3v) is 6.79. The van der Waals surface area contributed by atoms with Crippen LogP contribution in [0.5, 0.6) is 0 Å². The molecule has 1 aliphatic rings. The monoisotopic (exact) mass is 490 g/mol. The summed E-state index contributed by atoms with van der Waals surface area (Å²) in [4.78, 5) is 21.7. The Morgan fingerprint density at radius 3 is 1.89 bits per heavy atom. The first-order valence-corrected chi connectivity index (χ1v) is 12.3. The first-order chi connectivity index (χ1) is 17.6. The number of thioether (sulfide) groups is 1. The van der Waals surface area contributed by atoms with Crippen molar-refractivity contribution in [2.45, 2.75) is 5.16 Å². The highest BCUT2D eigenvalue weighted by Gasteiger charge is 2.31. The molecule has 0 fully saturated rings. The number of carbonyl (C=O) groups is 1. The number of rotatable bonds is 6. The standard InChI is InChI=1S/C28H22N6OS/c1-33-22-15-9-10-16-23(22)34(2)27(33)21(17-29)24(35)18-36-28-30-25(19-11-5-3-6-12-19)26(31-32-28)20-13-7-4-8-14-20/h3-16H,18H2,1-2H3. The molecule has 5 rings (SSSR count). The van der Waals surface area contributed by atoms with Gasteiger partial charge in [-0.1, -0.05) is 84.6 Å². The van der Waals surface area contributed by atoms with Gasteiger partial charge in [0.2, 0.25) is 5.16 Å². The molecule has 0 unspecified atom stereocenters. The van der Waals surface area contributed by atoms with Crippen molar-refractivity contribution in [2.75, 3.05) is 29.6 Å². The van der Waals surface area contributed by atoms with E-state index in [2.05, 4.69) is 16.3 Å². The third kappa shape index (κ3) is 4.32. The summed E-state index contributed by atoms with van der Waals surface area (Å²) in [7, 11) is 3.72. The van der Waals surface area contributed by atoms with Crippen molar-refractivity contribution < 1.29 is 4.79 Å². The van der Waals surface area contributed by atoms with Gasteiger partial charge in [-0.3, -0.25) is 4.79 Å². The van der Waals surface area contributed by atoms with Crippen molar-refractivity contribution in [3.05, 3.63) is 96.3 Å². The number of nitrogens with zero attached hydrogens (tertiary/aromatic N) is 6. The van der Waals surface area contributed by atoms with Gasteiger partial charge in [-0.25, -0.2) is 4.98 Å². The number of benzene rings is 3. The fourth-order valence-corrected chi connectivity index (χ4v) is 4.88. The molecule has 0 atom stereocenters. The molecule has 8 heteroatoms. The van der Waals surface area contributed by atoms with Crippen molar-refractivity contribution >= 4 is 28.9 Å². The Kier molecular flexibility index (Phi) is 6.48. The maximum atomic E-state index is 13.2. The van der Waals surface area contributed by atoms with E-state index in [-0.39, 0.29) is 17.1 Å². The molecular weight excluding hydrogens is 468 g/mol. The van der Waals surface area contributed by atoms with E-state index in [0.717, 1.165) is 22.5 Å². The first kappa shape index (κ1) is 23.3. The number of allylic oxidation sites excluding steroid dienone is 1. The maximum Gasteiger partial charge on any atom is 0.210 e. The number of fused-ring (bicyclic) bond motifs is 1. The van der Waals surface area contributed by atoms with Gasteiger partial charge in [0.25, 0.3) is 0 Å². The lowest BCUT2D eigenvalue weighted by Gasteiger charge is -2.19. The van der Waals surface area contributed by atoms with Crippen LogP contribution < -0.4 is 9.80 Å². The Bertz CT molecular complexity index is 1470. The van der Waals surface area contributed by atoms with Crippen LogP contribution in [0.2, 0.25) is 0 Å². The molecule has 36 heavy (non-hydrogen) atoms. The minimum Gasteiger partial charge on any atom is -0.328 e. The van der Waals surface area contributed by atoms with E-state index in [9.17, 15) is 10.1 Å². The normalized spacial score (nSPS) is 12.3. The van der Waals surface area contributed by atoms with E-state index in [0.29, 0.717) is 22.4 Å². The van der Waals surface area contributed by atoms with Gasteiger partial charge in [-0.2, -0.15) is 5.26 Å². The van der Waals surface area contributed by atoms with Gasteiger partial charge in [0.1, 0.15) is 28.9 Å². The van der Waals surface area contributed by atoms with Gasteiger partial charge in [0, 0.05) is 25.2 Å². The molecule has 2 heterocycles. The van der Waals surface area contributed by atoms with E-state index in [4.69, 9.17) is 4.98 Å². The molecule has 0 amide bonds. The van der Waals surface area contributed by atoms with Gasteiger partial charge >= 0.3 is 0 Å². The summed E-state index contributed by atoms with van der Waals surface area (Å²) in [6.07, 6.45) is 0. The molecular formula is C28H22N6OS. The Labute approximate surface area is 213 Å². The maximum absolute atomic E-state index is 13.2. The Balaban J connectivity index is 1.43. The highest BCUT2D eigenvalue weighted by Crippen LogP contribution is 2.40. The molecule has 0 saturated carbocycles. The predicted molar refractivity (Wildman–Crippen MR) is 142 cm³/mol. The second-order valence-electron chi connectivity index (χ2n) is 8.15. The van der Waals surface area contributed by atoms with Crippen LogP contribution in [0.4, 0.5) is 11.4 Å². The number of para-hydroxylation sites is 2. The lowest BCUT2D eigenvalue weighted by atomic mass is 10.0. The number of aromatic nitrogens is 3. The van der Waals surface area contributed by atoms with Crippen LogP contribution in [0.3, 0.4) is 0 Å². The average Bonchev–Trinajstić information content (AvgIpc) is 3.18. The zero-order chi connectivity index (χ0) is 25.1. The highest BCUT2D eigenvalue weighted by atomic mass is 32.2. The number of anilines is 2. The second-order valence-corrected chi connectivity index (χ2v) is 9.10. The fourth-order valence-electron chi connectivity index (χ4n) is 4.22. The number of hydrogen-bond acceptors (Lipinski definition) is 8. The predicted octanol–water partition coefficient (Wildman–Crippen LogP) is 5.19. The number of nitriles is 1. The summed E-state index contributed by atoms with van der Waals surface area (Å²) in [5.74, 6) is 0.291. The fraction of sp³-hybridized carbons (Fsp3) is 0.107. The molecule has 1 aromatic heterocycles. The SMILES string of the molecule is CN1C(=C(C#N)C(=O)CSc2nnc(-c3ccccc3)c(-c3ccccc3)n2)N(C)c2ccccc21. The lowest BCUT2D eigenvalue weighted by molar-refractivity contribution is -0.112.